The molecule has 0 saturated carbocycles. The Hall–Kier alpha value is -3.80. The minimum Gasteiger partial charge on any atom is -0.490 e. The number of pyridine rings is 1. The van der Waals surface area contributed by atoms with E-state index in [0.29, 0.717) is 31.0 Å². The molecule has 0 spiro atoms. The van der Waals surface area contributed by atoms with Crippen LogP contribution in [-0.2, 0) is 6.61 Å². The molecule has 1 aliphatic heterocycles. The number of amides is 1. The van der Waals surface area contributed by atoms with Crippen LogP contribution in [-0.4, -0.2) is 39.4 Å². The first-order valence-electron chi connectivity index (χ1n) is 11.7. The fourth-order valence-electron chi connectivity index (χ4n) is 4.27. The number of fused-ring (bicyclic) bond motifs is 1. The van der Waals surface area contributed by atoms with Crippen molar-refractivity contribution in [1.82, 2.24) is 14.3 Å². The molecule has 1 saturated heterocycles. The van der Waals surface area contributed by atoms with Crippen LogP contribution in [0.25, 0.3) is 5.65 Å². The molecule has 0 radical (unpaired) electrons. The number of carbonyl (C=O) groups is 1. The number of imidazole rings is 1. The van der Waals surface area contributed by atoms with E-state index in [2.05, 4.69) is 31.0 Å². The van der Waals surface area contributed by atoms with Crippen LogP contribution in [0.3, 0.4) is 0 Å². The summed E-state index contributed by atoms with van der Waals surface area (Å²) in [7, 11) is 0. The van der Waals surface area contributed by atoms with E-state index < -0.39 is 0 Å². The van der Waals surface area contributed by atoms with E-state index in [-0.39, 0.29) is 12.0 Å². The molecule has 34 heavy (non-hydrogen) atoms. The maximum Gasteiger partial charge on any atom is 0.253 e. The third kappa shape index (κ3) is 4.91. The fraction of sp³-hybridized carbons (Fsp3) is 0.286. The highest BCUT2D eigenvalue weighted by Gasteiger charge is 2.25. The first kappa shape index (κ1) is 22.0. The number of aryl methyl sites for hydroxylation is 2. The van der Waals surface area contributed by atoms with Gasteiger partial charge in [-0.25, -0.2) is 4.98 Å². The molecule has 0 bridgehead atoms. The lowest BCUT2D eigenvalue weighted by atomic mass is 10.1. The third-order valence-corrected chi connectivity index (χ3v) is 6.39. The zero-order valence-electron chi connectivity index (χ0n) is 19.6. The summed E-state index contributed by atoms with van der Waals surface area (Å²) in [5, 5.41) is 0. The molecule has 5 rings (SSSR count). The number of likely N-dealkylation sites (tertiary alicyclic amines) is 1. The Morgan fingerprint density at radius 1 is 0.971 bits per heavy atom. The lowest BCUT2D eigenvalue weighted by molar-refractivity contribution is 0.0595. The molecule has 0 atom stereocenters. The van der Waals surface area contributed by atoms with Gasteiger partial charge in [0.05, 0.1) is 5.69 Å². The van der Waals surface area contributed by atoms with E-state index in [1.54, 1.807) is 0 Å². The van der Waals surface area contributed by atoms with Gasteiger partial charge in [0.2, 0.25) is 0 Å². The molecule has 1 fully saturated rings. The van der Waals surface area contributed by atoms with Gasteiger partial charge in [-0.1, -0.05) is 18.2 Å². The van der Waals surface area contributed by atoms with Crippen molar-refractivity contribution in [3.63, 3.8) is 0 Å². The van der Waals surface area contributed by atoms with Crippen molar-refractivity contribution in [1.29, 1.82) is 0 Å². The summed E-state index contributed by atoms with van der Waals surface area (Å²) in [5.41, 5.74) is 4.86. The molecular weight excluding hydrogens is 426 g/mol. The molecule has 1 aliphatic rings. The van der Waals surface area contributed by atoms with Crippen LogP contribution < -0.4 is 9.47 Å². The van der Waals surface area contributed by atoms with Crippen LogP contribution in [0.1, 0.15) is 40.0 Å². The molecule has 3 heterocycles. The first-order chi connectivity index (χ1) is 16.5. The van der Waals surface area contributed by atoms with Gasteiger partial charge >= 0.3 is 0 Å². The Morgan fingerprint density at radius 2 is 1.82 bits per heavy atom. The average molecular weight is 456 g/mol. The zero-order valence-corrected chi connectivity index (χ0v) is 19.6. The van der Waals surface area contributed by atoms with E-state index in [0.717, 1.165) is 29.9 Å². The number of piperidine rings is 1. The van der Waals surface area contributed by atoms with E-state index in [9.17, 15) is 4.79 Å². The Labute approximate surface area is 199 Å². The molecule has 4 aromatic rings. The van der Waals surface area contributed by atoms with Crippen LogP contribution in [0.2, 0.25) is 0 Å². The number of hydrogen-bond donors (Lipinski definition) is 0. The molecule has 1 amide bonds. The van der Waals surface area contributed by atoms with Crippen LogP contribution in [0, 0.1) is 13.8 Å². The Morgan fingerprint density at radius 3 is 2.62 bits per heavy atom. The molecule has 0 unspecified atom stereocenters. The second-order valence-electron chi connectivity index (χ2n) is 8.87. The fourth-order valence-corrected chi connectivity index (χ4v) is 4.27. The predicted molar refractivity (Wildman–Crippen MR) is 131 cm³/mol. The molecule has 2 aromatic carbocycles. The van der Waals surface area contributed by atoms with Crippen molar-refractivity contribution in [3.8, 4) is 11.5 Å². The minimum absolute atomic E-state index is 0.0304. The van der Waals surface area contributed by atoms with Gasteiger partial charge in [-0.15, -0.1) is 0 Å². The van der Waals surface area contributed by atoms with Gasteiger partial charge in [0.1, 0.15) is 29.9 Å². The lowest BCUT2D eigenvalue weighted by Gasteiger charge is -2.32. The SMILES string of the molecule is Cc1ccc(OC2CCN(C(=O)c3cccc(OCc4cn5ccccc5n4)c3)CC2)cc1C. The second kappa shape index (κ2) is 9.59. The largest absolute Gasteiger partial charge is 0.490 e. The van der Waals surface area contributed by atoms with Crippen LogP contribution >= 0.6 is 0 Å². The summed E-state index contributed by atoms with van der Waals surface area (Å²) < 4.78 is 14.1. The second-order valence-corrected chi connectivity index (χ2v) is 8.87. The van der Waals surface area contributed by atoms with Gasteiger partial charge in [0, 0.05) is 43.9 Å². The maximum absolute atomic E-state index is 13.1. The number of rotatable bonds is 6. The summed E-state index contributed by atoms with van der Waals surface area (Å²) in [6.45, 7) is 5.91. The smallest absolute Gasteiger partial charge is 0.253 e. The monoisotopic (exact) mass is 455 g/mol. The number of nitrogens with zero attached hydrogens (tertiary/aromatic N) is 3. The zero-order chi connectivity index (χ0) is 23.5. The number of aromatic nitrogens is 2. The highest BCUT2D eigenvalue weighted by atomic mass is 16.5. The molecule has 0 aliphatic carbocycles. The third-order valence-electron chi connectivity index (χ3n) is 6.39. The van der Waals surface area contributed by atoms with Crippen molar-refractivity contribution in [3.05, 3.63) is 95.4 Å². The molecule has 0 N–H and O–H groups in total. The Kier molecular flexibility index (Phi) is 6.21. The van der Waals surface area contributed by atoms with Crippen LogP contribution in [0.5, 0.6) is 11.5 Å². The molecule has 174 valence electrons. The van der Waals surface area contributed by atoms with Crippen molar-refractivity contribution in [2.75, 3.05) is 13.1 Å². The quantitative estimate of drug-likeness (QED) is 0.400. The topological polar surface area (TPSA) is 56.1 Å². The molecule has 2 aromatic heterocycles. The molecule has 6 nitrogen and oxygen atoms in total. The molecular formula is C28H29N3O3. The van der Waals surface area contributed by atoms with Gasteiger partial charge in [-0.3, -0.25) is 4.79 Å². The van der Waals surface area contributed by atoms with Crippen molar-refractivity contribution < 1.29 is 14.3 Å². The average Bonchev–Trinajstić information content (AvgIpc) is 3.28. The van der Waals surface area contributed by atoms with Gasteiger partial charge in [0.15, 0.2) is 0 Å². The van der Waals surface area contributed by atoms with E-state index >= 15 is 0 Å². The minimum atomic E-state index is 0.0304. The van der Waals surface area contributed by atoms with Gasteiger partial charge in [0.25, 0.3) is 5.91 Å². The van der Waals surface area contributed by atoms with Crippen molar-refractivity contribution in [2.24, 2.45) is 0 Å². The number of hydrogen-bond acceptors (Lipinski definition) is 4. The van der Waals surface area contributed by atoms with E-state index in [1.165, 1.54) is 11.1 Å². The summed E-state index contributed by atoms with van der Waals surface area (Å²) >= 11 is 0. The van der Waals surface area contributed by atoms with E-state index in [1.807, 2.05) is 70.2 Å². The predicted octanol–water partition coefficient (Wildman–Crippen LogP) is 5.21. The molecule has 6 heteroatoms. The Balaban J connectivity index is 1.16. The standard InChI is InChI=1S/C28H29N3O3/c1-20-9-10-26(16-21(20)2)34-24-11-14-30(15-12-24)28(32)22-6-5-7-25(17-22)33-19-23-18-31-13-4-3-8-27(31)29-23/h3-10,13,16-18,24H,11-12,14-15,19H2,1-2H3. The number of carbonyl (C=O) groups excluding carboxylic acids is 1. The number of benzene rings is 2. The summed E-state index contributed by atoms with van der Waals surface area (Å²) in [6.07, 6.45) is 5.69. The van der Waals surface area contributed by atoms with Crippen molar-refractivity contribution in [2.45, 2.75) is 39.4 Å². The van der Waals surface area contributed by atoms with Gasteiger partial charge in [-0.2, -0.15) is 0 Å². The van der Waals surface area contributed by atoms with Crippen LogP contribution in [0.4, 0.5) is 0 Å². The highest BCUT2D eigenvalue weighted by molar-refractivity contribution is 5.94. The van der Waals surface area contributed by atoms with E-state index in [4.69, 9.17) is 9.47 Å². The number of ether oxygens (including phenoxy) is 2. The summed E-state index contributed by atoms with van der Waals surface area (Å²) in [4.78, 5) is 19.6. The van der Waals surface area contributed by atoms with Gasteiger partial charge < -0.3 is 18.8 Å². The highest BCUT2D eigenvalue weighted by Crippen LogP contribution is 2.23. The lowest BCUT2D eigenvalue weighted by Crippen LogP contribution is -2.41. The Bertz CT molecular complexity index is 1270. The summed E-state index contributed by atoms with van der Waals surface area (Å²) in [5.74, 6) is 1.60. The van der Waals surface area contributed by atoms with Crippen molar-refractivity contribution >= 4 is 11.6 Å². The maximum atomic E-state index is 13.1. The van der Waals surface area contributed by atoms with Crippen LogP contribution in [0.15, 0.2) is 73.1 Å². The summed E-state index contributed by atoms with van der Waals surface area (Å²) in [6, 6.07) is 19.5. The normalized spacial score (nSPS) is 14.4. The first-order valence-corrected chi connectivity index (χ1v) is 11.7. The van der Waals surface area contributed by atoms with Gasteiger partial charge in [-0.05, 0) is 67.4 Å².